The molecule has 1 heterocycles. The molecule has 3 unspecified atom stereocenters. The average Bonchev–Trinajstić information content (AvgIpc) is 2.73. The number of rotatable bonds is 8. The molecule has 1 aliphatic rings. The summed E-state index contributed by atoms with van der Waals surface area (Å²) >= 11 is 1.88. The molecule has 0 radical (unpaired) electrons. The second-order valence-electron chi connectivity index (χ2n) is 5.49. The number of aliphatic carboxylic acids is 1. The molecule has 2 amide bonds. The minimum absolute atomic E-state index is 0.00685. The lowest BCUT2D eigenvalue weighted by Gasteiger charge is -2.22. The van der Waals surface area contributed by atoms with E-state index >= 15 is 0 Å². The van der Waals surface area contributed by atoms with Crippen LogP contribution in [0.2, 0.25) is 0 Å². The zero-order valence-electron chi connectivity index (χ0n) is 12.6. The van der Waals surface area contributed by atoms with Crippen LogP contribution in [0.25, 0.3) is 0 Å². The third-order valence-corrected chi connectivity index (χ3v) is 5.21. The average molecular weight is 316 g/mol. The molecule has 0 aliphatic carbocycles. The fourth-order valence-electron chi connectivity index (χ4n) is 2.48. The summed E-state index contributed by atoms with van der Waals surface area (Å²) in [6.45, 7) is 3.37. The van der Waals surface area contributed by atoms with Gasteiger partial charge in [0.05, 0.1) is 0 Å². The quantitative estimate of drug-likeness (QED) is 0.581. The van der Waals surface area contributed by atoms with E-state index in [2.05, 4.69) is 17.6 Å². The molecule has 1 saturated heterocycles. The van der Waals surface area contributed by atoms with E-state index in [1.165, 1.54) is 0 Å². The van der Waals surface area contributed by atoms with Crippen LogP contribution in [0.5, 0.6) is 0 Å². The topological polar surface area (TPSA) is 95.5 Å². The molecular formula is C14H24N2O4S. The predicted octanol–water partition coefficient (Wildman–Crippen LogP) is 1.00. The highest BCUT2D eigenvalue weighted by Crippen LogP contribution is 2.34. The van der Waals surface area contributed by atoms with Gasteiger partial charge in [-0.15, -0.1) is 0 Å². The summed E-state index contributed by atoms with van der Waals surface area (Å²) in [5.74, 6) is 0.283. The molecule has 120 valence electrons. The van der Waals surface area contributed by atoms with Crippen LogP contribution in [-0.2, 0) is 14.4 Å². The van der Waals surface area contributed by atoms with Crippen molar-refractivity contribution in [2.24, 2.45) is 5.92 Å². The number of hydrogen-bond donors (Lipinski definition) is 3. The zero-order chi connectivity index (χ0) is 15.8. The molecule has 0 spiro atoms. The first-order chi connectivity index (χ1) is 9.90. The minimum Gasteiger partial charge on any atom is -0.480 e. The first-order valence-corrected chi connectivity index (χ1v) is 8.32. The van der Waals surface area contributed by atoms with Crippen LogP contribution in [0.1, 0.15) is 39.5 Å². The third-order valence-electron chi connectivity index (χ3n) is 3.54. The van der Waals surface area contributed by atoms with Gasteiger partial charge in [-0.2, -0.15) is 11.8 Å². The SMILES string of the molecule is CC(=O)NC1C(C)CSC1CCCCC(=O)NCC(=O)O. The van der Waals surface area contributed by atoms with Crippen molar-refractivity contribution in [3.63, 3.8) is 0 Å². The Morgan fingerprint density at radius 2 is 2.00 bits per heavy atom. The van der Waals surface area contributed by atoms with Crippen molar-refractivity contribution in [1.82, 2.24) is 10.6 Å². The highest BCUT2D eigenvalue weighted by molar-refractivity contribution is 8.00. The summed E-state index contributed by atoms with van der Waals surface area (Å²) in [5, 5.41) is 14.2. The van der Waals surface area contributed by atoms with Crippen LogP contribution < -0.4 is 10.6 Å². The summed E-state index contributed by atoms with van der Waals surface area (Å²) in [6, 6.07) is 0.216. The number of amides is 2. The van der Waals surface area contributed by atoms with Crippen molar-refractivity contribution in [3.05, 3.63) is 0 Å². The van der Waals surface area contributed by atoms with Crippen molar-refractivity contribution in [3.8, 4) is 0 Å². The largest absolute Gasteiger partial charge is 0.480 e. The molecular weight excluding hydrogens is 292 g/mol. The van der Waals surface area contributed by atoms with Gasteiger partial charge in [0, 0.05) is 24.6 Å². The fraction of sp³-hybridized carbons (Fsp3) is 0.786. The number of carboxylic acid groups (broad SMARTS) is 1. The van der Waals surface area contributed by atoms with Gasteiger partial charge in [-0.05, 0) is 24.5 Å². The molecule has 1 fully saturated rings. The molecule has 21 heavy (non-hydrogen) atoms. The minimum atomic E-state index is -1.03. The molecule has 0 aromatic carbocycles. The number of hydrogen-bond acceptors (Lipinski definition) is 4. The van der Waals surface area contributed by atoms with E-state index in [0.29, 0.717) is 17.6 Å². The van der Waals surface area contributed by atoms with E-state index in [4.69, 9.17) is 5.11 Å². The Hall–Kier alpha value is -1.24. The maximum Gasteiger partial charge on any atom is 0.322 e. The second-order valence-corrected chi connectivity index (χ2v) is 6.76. The predicted molar refractivity (Wildman–Crippen MR) is 82.1 cm³/mol. The zero-order valence-corrected chi connectivity index (χ0v) is 13.4. The fourth-order valence-corrected chi connectivity index (χ4v) is 4.11. The maximum absolute atomic E-state index is 11.4. The third kappa shape index (κ3) is 6.84. The number of carbonyl (C=O) groups excluding carboxylic acids is 2. The summed E-state index contributed by atoms with van der Waals surface area (Å²) < 4.78 is 0. The smallest absolute Gasteiger partial charge is 0.322 e. The number of carbonyl (C=O) groups is 3. The van der Waals surface area contributed by atoms with Crippen molar-refractivity contribution in [1.29, 1.82) is 0 Å². The van der Waals surface area contributed by atoms with Crippen LogP contribution >= 0.6 is 11.8 Å². The Morgan fingerprint density at radius 1 is 1.29 bits per heavy atom. The van der Waals surface area contributed by atoms with Gasteiger partial charge in [0.25, 0.3) is 0 Å². The molecule has 7 heteroatoms. The standard InChI is InChI=1S/C14H24N2O4S/c1-9-8-21-11(14(9)16-10(2)17)5-3-4-6-12(18)15-7-13(19)20/h9,11,14H,3-8H2,1-2H3,(H,15,18)(H,16,17)(H,19,20). The Morgan fingerprint density at radius 3 is 2.62 bits per heavy atom. The number of carboxylic acids is 1. The highest BCUT2D eigenvalue weighted by atomic mass is 32.2. The normalized spacial score (nSPS) is 24.6. The van der Waals surface area contributed by atoms with Gasteiger partial charge in [0.1, 0.15) is 6.54 Å². The molecule has 0 bridgehead atoms. The van der Waals surface area contributed by atoms with Crippen LogP contribution in [-0.4, -0.2) is 46.5 Å². The number of nitrogens with one attached hydrogen (secondary N) is 2. The van der Waals surface area contributed by atoms with Crippen molar-refractivity contribution in [2.75, 3.05) is 12.3 Å². The van der Waals surface area contributed by atoms with Gasteiger partial charge < -0.3 is 15.7 Å². The summed E-state index contributed by atoms with van der Waals surface area (Å²) in [4.78, 5) is 32.9. The Labute approximate surface area is 129 Å². The summed E-state index contributed by atoms with van der Waals surface area (Å²) in [6.07, 6.45) is 2.96. The molecule has 3 N–H and O–H groups in total. The lowest BCUT2D eigenvalue weighted by molar-refractivity contribution is -0.138. The Bertz CT molecular complexity index is 389. The number of unbranched alkanes of at least 4 members (excludes halogenated alkanes) is 1. The molecule has 0 aromatic heterocycles. The van der Waals surface area contributed by atoms with E-state index < -0.39 is 5.97 Å². The monoisotopic (exact) mass is 316 g/mol. The van der Waals surface area contributed by atoms with Crippen LogP contribution in [0.4, 0.5) is 0 Å². The second kappa shape index (κ2) is 8.92. The lowest BCUT2D eigenvalue weighted by atomic mass is 9.97. The van der Waals surface area contributed by atoms with Gasteiger partial charge >= 0.3 is 5.97 Å². The van der Waals surface area contributed by atoms with Gasteiger partial charge in [0.2, 0.25) is 11.8 Å². The van der Waals surface area contributed by atoms with E-state index in [1.54, 1.807) is 6.92 Å². The van der Waals surface area contributed by atoms with Crippen molar-refractivity contribution >= 4 is 29.5 Å². The molecule has 6 nitrogen and oxygen atoms in total. The first-order valence-electron chi connectivity index (χ1n) is 7.27. The van der Waals surface area contributed by atoms with Gasteiger partial charge in [0.15, 0.2) is 0 Å². The van der Waals surface area contributed by atoms with Crippen molar-refractivity contribution < 1.29 is 19.5 Å². The van der Waals surface area contributed by atoms with E-state index in [-0.39, 0.29) is 24.4 Å². The van der Waals surface area contributed by atoms with E-state index in [0.717, 1.165) is 25.0 Å². The summed E-state index contributed by atoms with van der Waals surface area (Å²) in [7, 11) is 0. The lowest BCUT2D eigenvalue weighted by Crippen LogP contribution is -2.41. The van der Waals surface area contributed by atoms with Crippen LogP contribution in [0, 0.1) is 5.92 Å². The van der Waals surface area contributed by atoms with Crippen LogP contribution in [0.3, 0.4) is 0 Å². The first kappa shape index (κ1) is 17.8. The van der Waals surface area contributed by atoms with Crippen molar-refractivity contribution in [2.45, 2.75) is 50.8 Å². The Kier molecular flexibility index (Phi) is 7.56. The van der Waals surface area contributed by atoms with Gasteiger partial charge in [-0.3, -0.25) is 14.4 Å². The van der Waals surface area contributed by atoms with Gasteiger partial charge in [-0.25, -0.2) is 0 Å². The molecule has 0 saturated carbocycles. The Balaban J connectivity index is 2.21. The van der Waals surface area contributed by atoms with E-state index in [1.807, 2.05) is 11.8 Å². The maximum atomic E-state index is 11.4. The van der Waals surface area contributed by atoms with Crippen LogP contribution in [0.15, 0.2) is 0 Å². The van der Waals surface area contributed by atoms with E-state index in [9.17, 15) is 14.4 Å². The molecule has 1 aliphatic heterocycles. The molecule has 0 aromatic rings. The number of thioether (sulfide) groups is 1. The summed E-state index contributed by atoms with van der Waals surface area (Å²) in [5.41, 5.74) is 0. The highest BCUT2D eigenvalue weighted by Gasteiger charge is 2.33. The molecule has 1 rings (SSSR count). The van der Waals surface area contributed by atoms with Gasteiger partial charge in [-0.1, -0.05) is 13.3 Å². The molecule has 3 atom stereocenters.